The number of anilines is 1. The van der Waals surface area contributed by atoms with E-state index in [4.69, 9.17) is 9.47 Å². The molecule has 2 aromatic carbocycles. The fourth-order valence-corrected chi connectivity index (χ4v) is 2.81. The molecule has 126 valence electrons. The van der Waals surface area contributed by atoms with Crippen LogP contribution in [0.25, 0.3) is 11.0 Å². The van der Waals surface area contributed by atoms with Crippen LogP contribution in [0.3, 0.4) is 0 Å². The lowest BCUT2D eigenvalue weighted by atomic mass is 10.1. The number of ether oxygens (including phenoxy) is 2. The molecule has 0 saturated heterocycles. The molecule has 2 heterocycles. The van der Waals surface area contributed by atoms with Crippen LogP contribution in [0.2, 0.25) is 0 Å². The molecule has 0 aliphatic carbocycles. The van der Waals surface area contributed by atoms with Crippen LogP contribution in [0, 0.1) is 0 Å². The molecule has 25 heavy (non-hydrogen) atoms. The minimum Gasteiger partial charge on any atom is -0.493 e. The first-order valence-electron chi connectivity index (χ1n) is 7.77. The summed E-state index contributed by atoms with van der Waals surface area (Å²) >= 11 is 0. The highest BCUT2D eigenvalue weighted by Gasteiger charge is 2.28. The third-order valence-corrected chi connectivity index (χ3v) is 4.07. The highest BCUT2D eigenvalue weighted by Crippen LogP contribution is 2.30. The maximum atomic E-state index is 12.4. The number of hydrogen-bond acceptors (Lipinski definition) is 5. The van der Waals surface area contributed by atoms with Gasteiger partial charge in [0.1, 0.15) is 0 Å². The third-order valence-electron chi connectivity index (χ3n) is 4.07. The largest absolute Gasteiger partial charge is 0.493 e. The monoisotopic (exact) mass is 336 g/mol. The summed E-state index contributed by atoms with van der Waals surface area (Å²) in [4.78, 5) is 20.0. The van der Waals surface area contributed by atoms with Crippen molar-refractivity contribution >= 4 is 28.6 Å². The number of rotatable bonds is 4. The number of aromatic amines is 1. The zero-order chi connectivity index (χ0) is 17.4. The van der Waals surface area contributed by atoms with E-state index in [2.05, 4.69) is 15.1 Å². The molecule has 0 fully saturated rings. The van der Waals surface area contributed by atoms with E-state index < -0.39 is 0 Å². The summed E-state index contributed by atoms with van der Waals surface area (Å²) in [5.74, 6) is 1.51. The lowest BCUT2D eigenvalue weighted by molar-refractivity contribution is -0.117. The predicted molar refractivity (Wildman–Crippen MR) is 94.3 cm³/mol. The normalized spacial score (nSPS) is 14.1. The van der Waals surface area contributed by atoms with Gasteiger partial charge in [-0.1, -0.05) is 12.1 Å². The molecule has 7 nitrogen and oxygen atoms in total. The van der Waals surface area contributed by atoms with E-state index in [1.54, 1.807) is 20.3 Å². The second-order valence-corrected chi connectivity index (χ2v) is 5.58. The summed E-state index contributed by atoms with van der Waals surface area (Å²) in [5.41, 5.74) is 3.12. The fraction of sp³-hybridized carbons (Fsp3) is 0.167. The second kappa shape index (κ2) is 5.94. The van der Waals surface area contributed by atoms with Gasteiger partial charge in [0, 0.05) is 5.56 Å². The first-order chi connectivity index (χ1) is 12.2. The van der Waals surface area contributed by atoms with E-state index in [0.29, 0.717) is 23.2 Å². The number of hydrogen-bond donors (Lipinski definition) is 1. The summed E-state index contributed by atoms with van der Waals surface area (Å²) in [5, 5.41) is 5.76. The quantitative estimate of drug-likeness (QED) is 0.794. The van der Waals surface area contributed by atoms with Crippen LogP contribution < -0.4 is 14.5 Å². The molecule has 0 spiro atoms. The van der Waals surface area contributed by atoms with E-state index in [0.717, 1.165) is 16.6 Å². The Labute approximate surface area is 143 Å². The molecular weight excluding hydrogens is 320 g/mol. The number of aromatic nitrogens is 2. The molecule has 0 unspecified atom stereocenters. The van der Waals surface area contributed by atoms with Gasteiger partial charge in [0.05, 0.1) is 37.4 Å². The maximum Gasteiger partial charge on any atom is 0.256 e. The average molecular weight is 336 g/mol. The van der Waals surface area contributed by atoms with Crippen LogP contribution in [0.5, 0.6) is 11.5 Å². The van der Waals surface area contributed by atoms with Gasteiger partial charge < -0.3 is 14.5 Å². The first-order valence-corrected chi connectivity index (χ1v) is 7.77. The van der Waals surface area contributed by atoms with Crippen LogP contribution in [0.15, 0.2) is 47.6 Å². The van der Waals surface area contributed by atoms with E-state index in [1.165, 1.54) is 5.01 Å². The van der Waals surface area contributed by atoms with Crippen molar-refractivity contribution in [3.63, 3.8) is 0 Å². The number of nitrogens with one attached hydrogen (secondary N) is 1. The van der Waals surface area contributed by atoms with Crippen molar-refractivity contribution in [2.24, 2.45) is 5.10 Å². The van der Waals surface area contributed by atoms with Gasteiger partial charge in [-0.3, -0.25) is 4.79 Å². The number of fused-ring (bicyclic) bond motifs is 1. The molecule has 7 heteroatoms. The van der Waals surface area contributed by atoms with Crippen molar-refractivity contribution in [3.05, 3.63) is 48.0 Å². The van der Waals surface area contributed by atoms with Crippen LogP contribution >= 0.6 is 0 Å². The maximum absolute atomic E-state index is 12.4. The highest BCUT2D eigenvalue weighted by molar-refractivity contribution is 6.19. The van der Waals surface area contributed by atoms with E-state index >= 15 is 0 Å². The Bertz CT molecular complexity index is 960. The molecule has 1 aromatic heterocycles. The van der Waals surface area contributed by atoms with Gasteiger partial charge in [-0.05, 0) is 30.3 Å². The van der Waals surface area contributed by atoms with Crippen LogP contribution in [-0.2, 0) is 4.79 Å². The van der Waals surface area contributed by atoms with Gasteiger partial charge in [-0.25, -0.2) is 4.98 Å². The Hall–Kier alpha value is -3.35. The molecule has 0 saturated carbocycles. The van der Waals surface area contributed by atoms with E-state index in [9.17, 15) is 4.79 Å². The summed E-state index contributed by atoms with van der Waals surface area (Å²) < 4.78 is 10.6. The van der Waals surface area contributed by atoms with E-state index in [-0.39, 0.29) is 12.3 Å². The molecule has 0 atom stereocenters. The molecule has 1 amide bonds. The van der Waals surface area contributed by atoms with Gasteiger partial charge in [-0.15, -0.1) is 0 Å². The summed E-state index contributed by atoms with van der Waals surface area (Å²) in [6.45, 7) is 0. The number of imidazole rings is 1. The number of benzene rings is 2. The summed E-state index contributed by atoms with van der Waals surface area (Å²) in [6.07, 6.45) is 0.201. The van der Waals surface area contributed by atoms with Gasteiger partial charge in [0.25, 0.3) is 5.91 Å². The van der Waals surface area contributed by atoms with Crippen LogP contribution in [0.4, 0.5) is 5.95 Å². The zero-order valence-electron chi connectivity index (χ0n) is 13.8. The summed E-state index contributed by atoms with van der Waals surface area (Å²) in [6, 6.07) is 13.1. The molecule has 1 aliphatic rings. The number of carbonyl (C=O) groups excluding carboxylic acids is 1. The molecule has 1 N–H and O–H groups in total. The smallest absolute Gasteiger partial charge is 0.256 e. The van der Waals surface area contributed by atoms with Crippen molar-refractivity contribution in [2.45, 2.75) is 6.42 Å². The Morgan fingerprint density at radius 2 is 1.88 bits per heavy atom. The predicted octanol–water partition coefficient (Wildman–Crippen LogP) is 2.72. The second-order valence-electron chi connectivity index (χ2n) is 5.58. The van der Waals surface area contributed by atoms with Gasteiger partial charge in [0.15, 0.2) is 11.5 Å². The Kier molecular flexibility index (Phi) is 3.61. The number of carbonyl (C=O) groups is 1. The van der Waals surface area contributed by atoms with Crippen LogP contribution in [0.1, 0.15) is 12.0 Å². The molecule has 3 aromatic rings. The molecule has 0 bridgehead atoms. The lowest BCUT2D eigenvalue weighted by Gasteiger charge is -2.09. The first kappa shape index (κ1) is 15.2. The van der Waals surface area contributed by atoms with Gasteiger partial charge in [0.2, 0.25) is 5.95 Å². The van der Waals surface area contributed by atoms with Crippen molar-refractivity contribution in [1.82, 2.24) is 9.97 Å². The highest BCUT2D eigenvalue weighted by atomic mass is 16.5. The molecular formula is C18H16N4O3. The number of hydrazone groups is 1. The van der Waals surface area contributed by atoms with Gasteiger partial charge in [-0.2, -0.15) is 10.1 Å². The van der Waals surface area contributed by atoms with Crippen LogP contribution in [-0.4, -0.2) is 35.8 Å². The molecule has 0 radical (unpaired) electrons. The number of amides is 1. The standard InChI is InChI=1S/C18H16N4O3/c1-24-15-8-7-11(9-16(15)25-2)14-10-17(23)22(21-14)18-19-12-5-3-4-6-13(12)20-18/h3-9H,10H2,1-2H3,(H,19,20). The number of nitrogens with zero attached hydrogens (tertiary/aromatic N) is 3. The number of para-hydroxylation sites is 2. The SMILES string of the molecule is COc1ccc(C2=NN(c3nc4ccccc4[nH]3)C(=O)C2)cc1OC. The zero-order valence-corrected chi connectivity index (χ0v) is 13.8. The van der Waals surface area contributed by atoms with E-state index in [1.807, 2.05) is 36.4 Å². The molecule has 1 aliphatic heterocycles. The van der Waals surface area contributed by atoms with Crippen molar-refractivity contribution in [2.75, 3.05) is 19.2 Å². The summed E-state index contributed by atoms with van der Waals surface area (Å²) in [7, 11) is 3.15. The number of H-pyrrole nitrogens is 1. The minimum absolute atomic E-state index is 0.135. The Morgan fingerprint density at radius 1 is 1.08 bits per heavy atom. The van der Waals surface area contributed by atoms with Gasteiger partial charge >= 0.3 is 0 Å². The average Bonchev–Trinajstić information content (AvgIpc) is 3.24. The van der Waals surface area contributed by atoms with Crippen molar-refractivity contribution in [3.8, 4) is 11.5 Å². The van der Waals surface area contributed by atoms with Crippen molar-refractivity contribution < 1.29 is 14.3 Å². The lowest BCUT2D eigenvalue weighted by Crippen LogP contribution is -2.20. The van der Waals surface area contributed by atoms with Crippen molar-refractivity contribution in [1.29, 1.82) is 0 Å². The Balaban J connectivity index is 1.70. The third kappa shape index (κ3) is 2.59. The Morgan fingerprint density at radius 3 is 2.64 bits per heavy atom. The topological polar surface area (TPSA) is 79.8 Å². The number of methoxy groups -OCH3 is 2. The minimum atomic E-state index is -0.135. The molecule has 4 rings (SSSR count). The fourth-order valence-electron chi connectivity index (χ4n) is 2.81.